The predicted molar refractivity (Wildman–Crippen MR) is 88.8 cm³/mol. The number of rotatable bonds is 8. The minimum atomic E-state index is -3.01. The molecule has 118 valence electrons. The lowest BCUT2D eigenvalue weighted by Crippen LogP contribution is -2.26. The van der Waals surface area contributed by atoms with Gasteiger partial charge < -0.3 is 5.32 Å². The second-order valence-electron chi connectivity index (χ2n) is 6.11. The SMILES string of the molecule is CC(C)S(=O)(=O)CCC(CNC1CC1)c1ccccc1Cl. The van der Waals surface area contributed by atoms with Gasteiger partial charge in [0.15, 0.2) is 9.84 Å². The van der Waals surface area contributed by atoms with Crippen molar-refractivity contribution in [2.75, 3.05) is 12.3 Å². The van der Waals surface area contributed by atoms with Gasteiger partial charge >= 0.3 is 0 Å². The summed E-state index contributed by atoms with van der Waals surface area (Å²) in [4.78, 5) is 0. The van der Waals surface area contributed by atoms with Crippen LogP contribution in [0.15, 0.2) is 24.3 Å². The highest BCUT2D eigenvalue weighted by atomic mass is 35.5. The minimum Gasteiger partial charge on any atom is -0.313 e. The van der Waals surface area contributed by atoms with Crippen LogP contribution >= 0.6 is 11.6 Å². The molecule has 21 heavy (non-hydrogen) atoms. The summed E-state index contributed by atoms with van der Waals surface area (Å²) in [5.41, 5.74) is 1.05. The van der Waals surface area contributed by atoms with Crippen LogP contribution in [-0.2, 0) is 9.84 Å². The monoisotopic (exact) mass is 329 g/mol. The summed E-state index contributed by atoms with van der Waals surface area (Å²) in [5.74, 6) is 0.361. The van der Waals surface area contributed by atoms with Crippen molar-refractivity contribution < 1.29 is 8.42 Å². The van der Waals surface area contributed by atoms with Crippen LogP contribution in [0, 0.1) is 0 Å². The predicted octanol–water partition coefficient (Wildman–Crippen LogP) is 3.39. The fourth-order valence-electron chi connectivity index (χ4n) is 2.31. The lowest BCUT2D eigenvalue weighted by molar-refractivity contribution is 0.551. The molecule has 0 amide bonds. The van der Waals surface area contributed by atoms with E-state index in [1.54, 1.807) is 13.8 Å². The normalized spacial score (nSPS) is 17.1. The Kier molecular flexibility index (Phi) is 5.69. The maximum Gasteiger partial charge on any atom is 0.152 e. The van der Waals surface area contributed by atoms with E-state index >= 15 is 0 Å². The first-order valence-corrected chi connectivity index (χ1v) is 9.69. The summed E-state index contributed by atoms with van der Waals surface area (Å²) in [7, 11) is -3.01. The van der Waals surface area contributed by atoms with E-state index < -0.39 is 9.84 Å². The van der Waals surface area contributed by atoms with Crippen molar-refractivity contribution >= 4 is 21.4 Å². The first-order chi connectivity index (χ1) is 9.90. The van der Waals surface area contributed by atoms with Crippen LogP contribution in [0.1, 0.15) is 44.6 Å². The van der Waals surface area contributed by atoms with E-state index in [-0.39, 0.29) is 16.9 Å². The summed E-state index contributed by atoms with van der Waals surface area (Å²) in [5, 5.41) is 3.90. The molecule has 1 saturated carbocycles. The molecule has 1 aliphatic rings. The van der Waals surface area contributed by atoms with Gasteiger partial charge in [-0.2, -0.15) is 0 Å². The molecular weight excluding hydrogens is 306 g/mol. The van der Waals surface area contributed by atoms with Crippen LogP contribution in [-0.4, -0.2) is 32.0 Å². The standard InChI is InChI=1S/C16H24ClNO2S/c1-12(2)21(19,20)10-9-13(11-18-14-7-8-14)15-5-3-4-6-16(15)17/h3-6,12-14,18H,7-11H2,1-2H3. The zero-order valence-electron chi connectivity index (χ0n) is 12.7. The molecule has 1 N–H and O–H groups in total. The molecule has 3 nitrogen and oxygen atoms in total. The second kappa shape index (κ2) is 7.12. The van der Waals surface area contributed by atoms with E-state index in [0.29, 0.717) is 12.5 Å². The number of halogens is 1. The molecule has 1 fully saturated rings. The minimum absolute atomic E-state index is 0.146. The Balaban J connectivity index is 2.06. The van der Waals surface area contributed by atoms with Crippen molar-refractivity contribution in [3.8, 4) is 0 Å². The van der Waals surface area contributed by atoms with Crippen LogP contribution in [0.2, 0.25) is 5.02 Å². The molecule has 1 aromatic rings. The van der Waals surface area contributed by atoms with Gasteiger partial charge in [-0.3, -0.25) is 0 Å². The van der Waals surface area contributed by atoms with Gasteiger partial charge in [0.2, 0.25) is 0 Å². The van der Waals surface area contributed by atoms with E-state index in [4.69, 9.17) is 11.6 Å². The van der Waals surface area contributed by atoms with E-state index in [9.17, 15) is 8.42 Å². The lowest BCUT2D eigenvalue weighted by Gasteiger charge is -2.20. The largest absolute Gasteiger partial charge is 0.313 e. The Morgan fingerprint density at radius 2 is 1.95 bits per heavy atom. The van der Waals surface area contributed by atoms with Crippen molar-refractivity contribution in [1.82, 2.24) is 5.32 Å². The molecule has 0 bridgehead atoms. The van der Waals surface area contributed by atoms with Crippen molar-refractivity contribution in [3.63, 3.8) is 0 Å². The molecule has 1 unspecified atom stereocenters. The highest BCUT2D eigenvalue weighted by Gasteiger charge is 2.25. The van der Waals surface area contributed by atoms with Gasteiger partial charge in [-0.25, -0.2) is 8.42 Å². The Morgan fingerprint density at radius 1 is 1.29 bits per heavy atom. The zero-order valence-corrected chi connectivity index (χ0v) is 14.3. The third kappa shape index (κ3) is 4.97. The van der Waals surface area contributed by atoms with Gasteiger partial charge in [0.1, 0.15) is 0 Å². The molecule has 1 aromatic carbocycles. The summed E-state index contributed by atoms with van der Waals surface area (Å²) >= 11 is 6.29. The summed E-state index contributed by atoms with van der Waals surface area (Å²) < 4.78 is 24.1. The van der Waals surface area contributed by atoms with Gasteiger partial charge in [0.05, 0.1) is 11.0 Å². The van der Waals surface area contributed by atoms with Crippen LogP contribution < -0.4 is 5.32 Å². The van der Waals surface area contributed by atoms with Crippen molar-refractivity contribution in [2.45, 2.75) is 50.3 Å². The molecule has 5 heteroatoms. The molecule has 0 aromatic heterocycles. The molecule has 0 aliphatic heterocycles. The van der Waals surface area contributed by atoms with Gasteiger partial charge in [0, 0.05) is 17.6 Å². The maximum atomic E-state index is 12.0. The second-order valence-corrected chi connectivity index (χ2v) is 9.19. The highest BCUT2D eigenvalue weighted by molar-refractivity contribution is 7.91. The fraction of sp³-hybridized carbons (Fsp3) is 0.625. The number of hydrogen-bond donors (Lipinski definition) is 1. The van der Waals surface area contributed by atoms with E-state index in [1.165, 1.54) is 12.8 Å². The van der Waals surface area contributed by atoms with Gasteiger partial charge in [-0.1, -0.05) is 29.8 Å². The molecule has 0 heterocycles. The van der Waals surface area contributed by atoms with Crippen molar-refractivity contribution in [3.05, 3.63) is 34.9 Å². The van der Waals surface area contributed by atoms with Crippen LogP contribution in [0.5, 0.6) is 0 Å². The Morgan fingerprint density at radius 3 is 2.52 bits per heavy atom. The highest BCUT2D eigenvalue weighted by Crippen LogP contribution is 2.29. The molecule has 0 radical (unpaired) electrons. The quantitative estimate of drug-likeness (QED) is 0.795. The van der Waals surface area contributed by atoms with E-state index in [1.807, 2.05) is 24.3 Å². The molecule has 0 saturated heterocycles. The van der Waals surface area contributed by atoms with Crippen molar-refractivity contribution in [2.24, 2.45) is 0 Å². The number of hydrogen-bond acceptors (Lipinski definition) is 3. The lowest BCUT2D eigenvalue weighted by atomic mass is 9.96. The third-order valence-electron chi connectivity index (χ3n) is 4.04. The molecule has 0 spiro atoms. The molecule has 1 atom stereocenters. The Hall–Kier alpha value is -0.580. The summed E-state index contributed by atoms with van der Waals surface area (Å²) in [6.45, 7) is 4.27. The van der Waals surface area contributed by atoms with Gasteiger partial charge in [-0.15, -0.1) is 0 Å². The number of nitrogens with one attached hydrogen (secondary N) is 1. The summed E-state index contributed by atoms with van der Waals surface area (Å²) in [6, 6.07) is 8.35. The fourth-order valence-corrected chi connectivity index (χ4v) is 3.69. The molecule has 2 rings (SSSR count). The van der Waals surface area contributed by atoms with Crippen LogP contribution in [0.3, 0.4) is 0 Å². The molecule has 1 aliphatic carbocycles. The third-order valence-corrected chi connectivity index (χ3v) is 6.63. The summed E-state index contributed by atoms with van der Waals surface area (Å²) in [6.07, 6.45) is 3.06. The first kappa shape index (κ1) is 16.8. The number of benzene rings is 1. The topological polar surface area (TPSA) is 46.2 Å². The van der Waals surface area contributed by atoms with Crippen LogP contribution in [0.25, 0.3) is 0 Å². The van der Waals surface area contributed by atoms with Gasteiger partial charge in [0.25, 0.3) is 0 Å². The average Bonchev–Trinajstić information content (AvgIpc) is 3.24. The van der Waals surface area contributed by atoms with Crippen molar-refractivity contribution in [1.29, 1.82) is 0 Å². The Labute approximate surface area is 133 Å². The smallest absolute Gasteiger partial charge is 0.152 e. The number of sulfone groups is 1. The maximum absolute atomic E-state index is 12.0. The molecular formula is C16H24ClNO2S. The van der Waals surface area contributed by atoms with Crippen LogP contribution in [0.4, 0.5) is 0 Å². The van der Waals surface area contributed by atoms with Gasteiger partial charge in [-0.05, 0) is 50.7 Å². The first-order valence-electron chi connectivity index (χ1n) is 7.59. The zero-order chi connectivity index (χ0) is 15.5. The van der Waals surface area contributed by atoms with E-state index in [0.717, 1.165) is 17.1 Å². The Bertz CT molecular complexity index is 567. The van der Waals surface area contributed by atoms with E-state index in [2.05, 4.69) is 5.32 Å². The average molecular weight is 330 g/mol.